The minimum Gasteiger partial charge on any atom is -0.322 e. The molecule has 3 aromatic rings. The normalized spacial score (nSPS) is 11.0. The van der Waals surface area contributed by atoms with Crippen LogP contribution >= 0.6 is 0 Å². The van der Waals surface area contributed by atoms with E-state index in [-0.39, 0.29) is 28.2 Å². The standard InChI is InChI=1S/C22H16F3N3O4/c1-13-8-9-18(28(31)32)12-19(13)21(30)27-16-6-2-4-14(10-16)20(29)26-17-7-3-5-15(11-17)22(23,24)25/h2-12H,1H3,(H,26,29)(H,27,30). The quantitative estimate of drug-likeness (QED) is 0.406. The van der Waals surface area contributed by atoms with E-state index >= 15 is 0 Å². The second-order valence-electron chi connectivity index (χ2n) is 6.82. The number of aryl methyl sites for hydroxylation is 1. The molecule has 2 amide bonds. The number of carbonyl (C=O) groups is 2. The molecule has 0 atom stereocenters. The van der Waals surface area contributed by atoms with Gasteiger partial charge in [-0.15, -0.1) is 0 Å². The van der Waals surface area contributed by atoms with Crippen molar-refractivity contribution in [1.82, 2.24) is 0 Å². The first-order chi connectivity index (χ1) is 15.0. The van der Waals surface area contributed by atoms with Crippen molar-refractivity contribution in [2.24, 2.45) is 0 Å². The molecule has 32 heavy (non-hydrogen) atoms. The first kappa shape index (κ1) is 22.5. The van der Waals surface area contributed by atoms with E-state index in [1.54, 1.807) is 6.92 Å². The number of nitro benzene ring substituents is 1. The largest absolute Gasteiger partial charge is 0.416 e. The van der Waals surface area contributed by atoms with Crippen LogP contribution in [-0.4, -0.2) is 16.7 Å². The molecule has 7 nitrogen and oxygen atoms in total. The molecule has 3 rings (SSSR count). The fourth-order valence-corrected chi connectivity index (χ4v) is 2.88. The van der Waals surface area contributed by atoms with Gasteiger partial charge in [0.15, 0.2) is 0 Å². The van der Waals surface area contributed by atoms with Gasteiger partial charge in [0.1, 0.15) is 0 Å². The number of alkyl halides is 3. The lowest BCUT2D eigenvalue weighted by atomic mass is 10.1. The zero-order chi connectivity index (χ0) is 23.5. The van der Waals surface area contributed by atoms with Crippen LogP contribution in [0, 0.1) is 17.0 Å². The molecule has 0 heterocycles. The fraction of sp³-hybridized carbons (Fsp3) is 0.0909. The molecule has 0 aliphatic carbocycles. The monoisotopic (exact) mass is 443 g/mol. The van der Waals surface area contributed by atoms with E-state index in [0.29, 0.717) is 5.56 Å². The van der Waals surface area contributed by atoms with E-state index in [9.17, 15) is 32.9 Å². The van der Waals surface area contributed by atoms with Gasteiger partial charge in [0.05, 0.1) is 10.5 Å². The summed E-state index contributed by atoms with van der Waals surface area (Å²) in [6, 6.07) is 13.8. The lowest BCUT2D eigenvalue weighted by Crippen LogP contribution is -2.16. The SMILES string of the molecule is Cc1ccc([N+](=O)[O-])cc1C(=O)Nc1cccc(C(=O)Nc2cccc(C(F)(F)F)c2)c1. The summed E-state index contributed by atoms with van der Waals surface area (Å²) < 4.78 is 38.5. The molecule has 0 saturated heterocycles. The second kappa shape index (κ2) is 8.88. The van der Waals surface area contributed by atoms with Gasteiger partial charge >= 0.3 is 6.18 Å². The van der Waals surface area contributed by atoms with Crippen molar-refractivity contribution in [3.63, 3.8) is 0 Å². The van der Waals surface area contributed by atoms with E-state index < -0.39 is 28.5 Å². The molecule has 0 fully saturated rings. The molecule has 0 spiro atoms. The topological polar surface area (TPSA) is 101 Å². The molecular weight excluding hydrogens is 427 g/mol. The second-order valence-corrected chi connectivity index (χ2v) is 6.82. The number of hydrogen-bond donors (Lipinski definition) is 2. The summed E-state index contributed by atoms with van der Waals surface area (Å²) >= 11 is 0. The van der Waals surface area contributed by atoms with Gasteiger partial charge in [-0.25, -0.2) is 0 Å². The Kier molecular flexibility index (Phi) is 6.24. The van der Waals surface area contributed by atoms with Crippen LogP contribution in [0.2, 0.25) is 0 Å². The van der Waals surface area contributed by atoms with E-state index in [1.165, 1.54) is 48.5 Å². The lowest BCUT2D eigenvalue weighted by Gasteiger charge is -2.11. The molecule has 0 radical (unpaired) electrons. The highest BCUT2D eigenvalue weighted by atomic mass is 19.4. The first-order valence-electron chi connectivity index (χ1n) is 9.19. The van der Waals surface area contributed by atoms with Gasteiger partial charge in [-0.3, -0.25) is 19.7 Å². The van der Waals surface area contributed by atoms with Gasteiger partial charge in [-0.05, 0) is 48.9 Å². The molecule has 0 aromatic heterocycles. The van der Waals surface area contributed by atoms with Crippen molar-refractivity contribution >= 4 is 28.9 Å². The molecule has 0 saturated carbocycles. The number of nitrogens with zero attached hydrogens (tertiary/aromatic N) is 1. The average molecular weight is 443 g/mol. The van der Waals surface area contributed by atoms with Gasteiger partial charge < -0.3 is 10.6 Å². The molecule has 3 aromatic carbocycles. The molecule has 2 N–H and O–H groups in total. The van der Waals surface area contributed by atoms with E-state index in [2.05, 4.69) is 10.6 Å². The van der Waals surface area contributed by atoms with Crippen molar-refractivity contribution in [2.75, 3.05) is 10.6 Å². The Balaban J connectivity index is 1.77. The summed E-state index contributed by atoms with van der Waals surface area (Å²) in [6.45, 7) is 1.62. The third-order valence-corrected chi connectivity index (χ3v) is 4.51. The molecule has 164 valence electrons. The predicted octanol–water partition coefficient (Wildman–Crippen LogP) is 5.43. The van der Waals surface area contributed by atoms with Crippen LogP contribution in [0.15, 0.2) is 66.7 Å². The summed E-state index contributed by atoms with van der Waals surface area (Å²) in [5.41, 5.74) is -0.233. The van der Waals surface area contributed by atoms with Gasteiger partial charge in [0.2, 0.25) is 0 Å². The third kappa shape index (κ3) is 5.28. The number of non-ortho nitro benzene ring substituents is 1. The van der Waals surface area contributed by atoms with E-state index in [0.717, 1.165) is 18.2 Å². The van der Waals surface area contributed by atoms with E-state index in [4.69, 9.17) is 0 Å². The Morgan fingerprint density at radius 2 is 1.50 bits per heavy atom. The smallest absolute Gasteiger partial charge is 0.322 e. The van der Waals surface area contributed by atoms with Crippen molar-refractivity contribution < 1.29 is 27.7 Å². The van der Waals surface area contributed by atoms with Gasteiger partial charge in [-0.2, -0.15) is 13.2 Å². The van der Waals surface area contributed by atoms with Crippen LogP contribution in [0.25, 0.3) is 0 Å². The van der Waals surface area contributed by atoms with Crippen molar-refractivity contribution in [2.45, 2.75) is 13.1 Å². The first-order valence-corrected chi connectivity index (χ1v) is 9.19. The Morgan fingerprint density at radius 3 is 2.16 bits per heavy atom. The van der Waals surface area contributed by atoms with Crippen molar-refractivity contribution in [1.29, 1.82) is 0 Å². The molecule has 10 heteroatoms. The summed E-state index contributed by atoms with van der Waals surface area (Å²) in [5.74, 6) is -1.28. The Labute approximate surface area is 180 Å². The molecule has 0 aliphatic heterocycles. The third-order valence-electron chi connectivity index (χ3n) is 4.51. The number of hydrogen-bond acceptors (Lipinski definition) is 4. The summed E-state index contributed by atoms with van der Waals surface area (Å²) in [4.78, 5) is 35.4. The minimum atomic E-state index is -4.55. The van der Waals surface area contributed by atoms with Crippen LogP contribution in [0.5, 0.6) is 0 Å². The average Bonchev–Trinajstić information content (AvgIpc) is 2.73. The molecule has 0 unspecified atom stereocenters. The Morgan fingerprint density at radius 1 is 0.875 bits per heavy atom. The number of amides is 2. The minimum absolute atomic E-state index is 0.0357. The predicted molar refractivity (Wildman–Crippen MR) is 112 cm³/mol. The molecule has 0 aliphatic rings. The summed E-state index contributed by atoms with van der Waals surface area (Å²) in [6.07, 6.45) is -4.55. The molecular formula is C22H16F3N3O4. The maximum atomic E-state index is 12.8. The number of anilines is 2. The van der Waals surface area contributed by atoms with Gasteiger partial charge in [-0.1, -0.05) is 18.2 Å². The number of benzene rings is 3. The Hall–Kier alpha value is -4.21. The van der Waals surface area contributed by atoms with Crippen LogP contribution in [0.1, 0.15) is 31.8 Å². The lowest BCUT2D eigenvalue weighted by molar-refractivity contribution is -0.384. The number of rotatable bonds is 5. The number of carbonyl (C=O) groups excluding carboxylic acids is 2. The summed E-state index contributed by atoms with van der Waals surface area (Å²) in [5, 5.41) is 15.9. The maximum absolute atomic E-state index is 12.8. The zero-order valence-corrected chi connectivity index (χ0v) is 16.6. The van der Waals surface area contributed by atoms with Crippen molar-refractivity contribution in [3.8, 4) is 0 Å². The van der Waals surface area contributed by atoms with Crippen LogP contribution in [-0.2, 0) is 6.18 Å². The maximum Gasteiger partial charge on any atom is 0.416 e. The highest BCUT2D eigenvalue weighted by Crippen LogP contribution is 2.30. The molecule has 0 bridgehead atoms. The number of halogens is 3. The van der Waals surface area contributed by atoms with Gasteiger partial charge in [0.25, 0.3) is 17.5 Å². The van der Waals surface area contributed by atoms with E-state index in [1.807, 2.05) is 0 Å². The highest BCUT2D eigenvalue weighted by molar-refractivity contribution is 6.08. The number of nitrogens with one attached hydrogen (secondary N) is 2. The summed E-state index contributed by atoms with van der Waals surface area (Å²) in [7, 11) is 0. The van der Waals surface area contributed by atoms with Crippen molar-refractivity contribution in [3.05, 3.63) is 99.1 Å². The highest BCUT2D eigenvalue weighted by Gasteiger charge is 2.30. The van der Waals surface area contributed by atoms with Crippen LogP contribution in [0.3, 0.4) is 0 Å². The number of nitro groups is 1. The zero-order valence-electron chi connectivity index (χ0n) is 16.6. The van der Waals surface area contributed by atoms with Crippen LogP contribution < -0.4 is 10.6 Å². The van der Waals surface area contributed by atoms with Gasteiger partial charge in [0, 0.05) is 34.6 Å². The van der Waals surface area contributed by atoms with Crippen LogP contribution in [0.4, 0.5) is 30.2 Å². The fourth-order valence-electron chi connectivity index (χ4n) is 2.88. The Bertz CT molecular complexity index is 1210.